The van der Waals surface area contributed by atoms with Crippen LogP contribution < -0.4 is 0 Å². The number of nitrogens with one attached hydrogen (secondary N) is 1. The Hall–Kier alpha value is -1.45. The fourth-order valence-electron chi connectivity index (χ4n) is 2.20. The largest absolute Gasteiger partial charge is 0.348 e. The summed E-state index contributed by atoms with van der Waals surface area (Å²) in [5, 5.41) is 6.30. The van der Waals surface area contributed by atoms with E-state index in [1.807, 2.05) is 4.90 Å². The lowest BCUT2D eigenvalue weighted by Gasteiger charge is -2.22. The number of aromatic amines is 1. The molecule has 0 spiro atoms. The maximum Gasteiger partial charge on any atom is 0.260 e. The third kappa shape index (κ3) is 3.80. The number of carbonyl (C=O) groups is 1. The molecule has 1 N–H and O–H groups in total. The Labute approximate surface area is 124 Å². The number of amides is 1. The van der Waals surface area contributed by atoms with Gasteiger partial charge in [-0.25, -0.2) is 8.42 Å². The highest BCUT2D eigenvalue weighted by molar-refractivity contribution is 7.89. The van der Waals surface area contributed by atoms with Crippen LogP contribution in [0, 0.1) is 0 Å². The van der Waals surface area contributed by atoms with E-state index in [4.69, 9.17) is 0 Å². The van der Waals surface area contributed by atoms with Crippen LogP contribution in [0.5, 0.6) is 0 Å². The van der Waals surface area contributed by atoms with E-state index < -0.39 is 10.0 Å². The molecule has 0 bridgehead atoms. The molecule has 1 aliphatic heterocycles. The van der Waals surface area contributed by atoms with Crippen LogP contribution in [0.15, 0.2) is 17.3 Å². The Balaban J connectivity index is 2.00. The summed E-state index contributed by atoms with van der Waals surface area (Å²) in [5.41, 5.74) is 0. The van der Waals surface area contributed by atoms with E-state index in [9.17, 15) is 13.2 Å². The molecule has 2 heterocycles. The van der Waals surface area contributed by atoms with Gasteiger partial charge in [0.2, 0.25) is 5.91 Å². The fourth-order valence-corrected chi connectivity index (χ4v) is 3.57. The van der Waals surface area contributed by atoms with Gasteiger partial charge in [0.05, 0.1) is 12.7 Å². The van der Waals surface area contributed by atoms with Crippen molar-refractivity contribution in [3.63, 3.8) is 0 Å². The zero-order chi connectivity index (χ0) is 15.5. The maximum absolute atomic E-state index is 12.4. The minimum absolute atomic E-state index is 0.0277. The smallest absolute Gasteiger partial charge is 0.260 e. The predicted molar refractivity (Wildman–Crippen MR) is 77.1 cm³/mol. The summed E-state index contributed by atoms with van der Waals surface area (Å²) in [6, 6.07) is 1.45. The van der Waals surface area contributed by atoms with Gasteiger partial charge in [-0.15, -0.1) is 0 Å². The molecule has 8 nitrogen and oxygen atoms in total. The van der Waals surface area contributed by atoms with Gasteiger partial charge in [0.1, 0.15) is 0 Å². The molecule has 0 radical (unpaired) electrons. The van der Waals surface area contributed by atoms with Crippen LogP contribution in [0.25, 0.3) is 0 Å². The number of sulfonamides is 1. The first kappa shape index (κ1) is 15.9. The van der Waals surface area contributed by atoms with Crippen LogP contribution in [0.3, 0.4) is 0 Å². The molecule has 21 heavy (non-hydrogen) atoms. The summed E-state index contributed by atoms with van der Waals surface area (Å²) < 4.78 is 26.2. The van der Waals surface area contributed by atoms with E-state index in [0.29, 0.717) is 39.1 Å². The van der Waals surface area contributed by atoms with Crippen LogP contribution in [0.2, 0.25) is 0 Å². The number of H-pyrrole nitrogens is 1. The van der Waals surface area contributed by atoms with Crippen molar-refractivity contribution in [2.45, 2.75) is 11.4 Å². The Morgan fingerprint density at radius 2 is 2.10 bits per heavy atom. The molecule has 1 saturated heterocycles. The zero-order valence-electron chi connectivity index (χ0n) is 12.3. The number of rotatable bonds is 4. The van der Waals surface area contributed by atoms with Crippen LogP contribution in [0.1, 0.15) is 6.42 Å². The highest BCUT2D eigenvalue weighted by Gasteiger charge is 2.28. The molecule has 0 saturated carbocycles. The molecule has 9 heteroatoms. The number of carbonyl (C=O) groups excluding carboxylic acids is 1. The van der Waals surface area contributed by atoms with E-state index in [1.54, 1.807) is 19.0 Å². The molecule has 0 atom stereocenters. The van der Waals surface area contributed by atoms with Crippen LogP contribution >= 0.6 is 0 Å². The van der Waals surface area contributed by atoms with Gasteiger partial charge in [-0.3, -0.25) is 14.8 Å². The molecule has 0 unspecified atom stereocenters. The van der Waals surface area contributed by atoms with Gasteiger partial charge in [0, 0.05) is 33.7 Å². The second-order valence-electron chi connectivity index (χ2n) is 5.24. The van der Waals surface area contributed by atoms with Gasteiger partial charge in [-0.05, 0) is 19.0 Å². The molecule has 0 aromatic carbocycles. The summed E-state index contributed by atoms with van der Waals surface area (Å²) in [6.45, 7) is 2.42. The summed E-state index contributed by atoms with van der Waals surface area (Å²) in [5.74, 6) is 0.0277. The van der Waals surface area contributed by atoms with Crippen molar-refractivity contribution in [2.75, 3.05) is 46.8 Å². The van der Waals surface area contributed by atoms with Crippen LogP contribution in [0.4, 0.5) is 0 Å². The SMILES string of the molecule is CN(C)C(=O)CN1CCCN(S(=O)(=O)c2ccn[nH]2)CC1. The van der Waals surface area contributed by atoms with Gasteiger partial charge in [-0.2, -0.15) is 9.40 Å². The topological polar surface area (TPSA) is 89.6 Å². The molecular formula is C12H21N5O3S. The summed E-state index contributed by atoms with van der Waals surface area (Å²) >= 11 is 0. The minimum Gasteiger partial charge on any atom is -0.348 e. The summed E-state index contributed by atoms with van der Waals surface area (Å²) in [7, 11) is -0.0822. The first-order valence-corrected chi connectivity index (χ1v) is 8.27. The van der Waals surface area contributed by atoms with Crippen molar-refractivity contribution >= 4 is 15.9 Å². The number of likely N-dealkylation sites (N-methyl/N-ethyl adjacent to an activating group) is 1. The molecule has 1 aromatic rings. The molecule has 2 rings (SSSR count). The van der Waals surface area contributed by atoms with Gasteiger partial charge in [-0.1, -0.05) is 0 Å². The lowest BCUT2D eigenvalue weighted by atomic mass is 10.4. The Kier molecular flexibility index (Phi) is 4.96. The first-order chi connectivity index (χ1) is 9.91. The van der Waals surface area contributed by atoms with Crippen molar-refractivity contribution in [1.29, 1.82) is 0 Å². The molecule has 1 amide bonds. The number of aromatic nitrogens is 2. The van der Waals surface area contributed by atoms with Crippen LogP contribution in [-0.2, 0) is 14.8 Å². The standard InChI is InChI=1S/C12H21N5O3S/c1-15(2)12(18)10-16-6-3-7-17(9-8-16)21(19,20)11-4-5-13-14-11/h4-5H,3,6-10H2,1-2H3,(H,13,14). The third-order valence-corrected chi connectivity index (χ3v) is 5.33. The average molecular weight is 315 g/mol. The highest BCUT2D eigenvalue weighted by Crippen LogP contribution is 2.15. The minimum atomic E-state index is -3.52. The van der Waals surface area contributed by atoms with Crippen LogP contribution in [-0.4, -0.2) is 85.4 Å². The van der Waals surface area contributed by atoms with Crippen molar-refractivity contribution in [2.24, 2.45) is 0 Å². The molecule has 1 aliphatic rings. The molecule has 1 fully saturated rings. The second-order valence-corrected chi connectivity index (χ2v) is 7.15. The molecular weight excluding hydrogens is 294 g/mol. The molecule has 1 aromatic heterocycles. The maximum atomic E-state index is 12.4. The predicted octanol–water partition coefficient (Wildman–Crippen LogP) is -0.806. The van der Waals surface area contributed by atoms with E-state index >= 15 is 0 Å². The van der Waals surface area contributed by atoms with Crippen molar-refractivity contribution in [3.05, 3.63) is 12.3 Å². The normalized spacial score (nSPS) is 18.4. The van der Waals surface area contributed by atoms with Gasteiger partial charge < -0.3 is 4.90 Å². The monoisotopic (exact) mass is 315 g/mol. The first-order valence-electron chi connectivity index (χ1n) is 6.83. The van der Waals surface area contributed by atoms with Gasteiger partial charge in [0.15, 0.2) is 5.03 Å². The Morgan fingerprint density at radius 3 is 2.71 bits per heavy atom. The third-order valence-electron chi connectivity index (χ3n) is 3.50. The van der Waals surface area contributed by atoms with Gasteiger partial charge in [0.25, 0.3) is 10.0 Å². The fraction of sp³-hybridized carbons (Fsp3) is 0.667. The Morgan fingerprint density at radius 1 is 1.33 bits per heavy atom. The van der Waals surface area contributed by atoms with Gasteiger partial charge >= 0.3 is 0 Å². The van der Waals surface area contributed by atoms with E-state index in [1.165, 1.54) is 16.6 Å². The molecule has 118 valence electrons. The summed E-state index contributed by atoms with van der Waals surface area (Å²) in [6.07, 6.45) is 2.13. The van der Waals surface area contributed by atoms with Crippen molar-refractivity contribution in [1.82, 2.24) is 24.3 Å². The zero-order valence-corrected chi connectivity index (χ0v) is 13.1. The van der Waals surface area contributed by atoms with Crippen molar-refractivity contribution < 1.29 is 13.2 Å². The lowest BCUT2D eigenvalue weighted by Crippen LogP contribution is -2.39. The Bertz CT molecular complexity index is 570. The molecule has 0 aliphatic carbocycles. The average Bonchev–Trinajstić information content (AvgIpc) is 2.87. The number of nitrogens with zero attached hydrogens (tertiary/aromatic N) is 4. The number of hydrogen-bond acceptors (Lipinski definition) is 5. The summed E-state index contributed by atoms with van der Waals surface area (Å²) in [4.78, 5) is 15.3. The number of hydrogen-bond donors (Lipinski definition) is 1. The van der Waals surface area contributed by atoms with E-state index in [-0.39, 0.29) is 10.9 Å². The van der Waals surface area contributed by atoms with E-state index in [2.05, 4.69) is 10.2 Å². The highest BCUT2D eigenvalue weighted by atomic mass is 32.2. The second kappa shape index (κ2) is 6.54. The van der Waals surface area contributed by atoms with E-state index in [0.717, 1.165) is 0 Å². The van der Waals surface area contributed by atoms with Crippen molar-refractivity contribution in [3.8, 4) is 0 Å². The quantitative estimate of drug-likeness (QED) is 0.785. The lowest BCUT2D eigenvalue weighted by molar-refractivity contribution is -0.129.